The van der Waals surface area contributed by atoms with Crippen molar-refractivity contribution in [2.45, 2.75) is 32.3 Å². The summed E-state index contributed by atoms with van der Waals surface area (Å²) in [5.41, 5.74) is 1.65. The molecule has 2 nitrogen and oxygen atoms in total. The monoisotopic (exact) mass is 268 g/mol. The maximum atomic E-state index is 12.9. The van der Waals surface area contributed by atoms with Crippen LogP contribution in [0.4, 0.5) is 0 Å². The first kappa shape index (κ1) is 12.3. The summed E-state index contributed by atoms with van der Waals surface area (Å²) in [6.45, 7) is 4.78. The molecule has 2 aliphatic carbocycles. The van der Waals surface area contributed by atoms with Crippen molar-refractivity contribution in [2.24, 2.45) is 17.3 Å². The number of carbonyl (C=O) groups is 1. The van der Waals surface area contributed by atoms with Gasteiger partial charge in [0.2, 0.25) is 0 Å². The fourth-order valence-corrected chi connectivity index (χ4v) is 4.65. The van der Waals surface area contributed by atoms with Crippen LogP contribution >= 0.6 is 0 Å². The Kier molecular flexibility index (Phi) is 2.36. The number of hydrogen-bond donors (Lipinski definition) is 0. The molecule has 1 aliphatic heterocycles. The minimum atomic E-state index is -0.420. The standard InChI is InChI=1S/C18H20O2/c1-12(2)16(19)17-9-7-13-5-3-4-6-15(13)18(17)14(11-17)8-10-20-18/h3-7,9,12,14H,8,10-11H2,1-2H3/t14-,17-,18+/m1/s1. The Morgan fingerprint density at radius 3 is 2.90 bits per heavy atom. The predicted molar refractivity (Wildman–Crippen MR) is 78.1 cm³/mol. The number of carbonyl (C=O) groups excluding carboxylic acids is 1. The van der Waals surface area contributed by atoms with Crippen LogP contribution in [0.15, 0.2) is 30.3 Å². The Morgan fingerprint density at radius 2 is 2.15 bits per heavy atom. The summed E-state index contributed by atoms with van der Waals surface area (Å²) in [4.78, 5) is 12.9. The van der Waals surface area contributed by atoms with Gasteiger partial charge in [0, 0.05) is 12.5 Å². The lowest BCUT2D eigenvalue weighted by molar-refractivity contribution is -0.195. The van der Waals surface area contributed by atoms with Crippen molar-refractivity contribution >= 4 is 11.9 Å². The SMILES string of the molecule is CC(C)C(=O)[C@]12C=Cc3ccccc3[C@]13OCC[C@@H]3C2. The molecule has 4 rings (SSSR count). The fraction of sp³-hybridized carbons (Fsp3) is 0.500. The van der Waals surface area contributed by atoms with Gasteiger partial charge in [-0.05, 0) is 29.9 Å². The molecular formula is C18H20O2. The van der Waals surface area contributed by atoms with Crippen LogP contribution < -0.4 is 0 Å². The second-order valence-electron chi connectivity index (χ2n) is 6.68. The minimum absolute atomic E-state index is 0.0481. The highest BCUT2D eigenvalue weighted by atomic mass is 16.5. The van der Waals surface area contributed by atoms with Crippen molar-refractivity contribution in [1.29, 1.82) is 0 Å². The Balaban J connectivity index is 1.94. The van der Waals surface area contributed by atoms with Crippen molar-refractivity contribution in [3.63, 3.8) is 0 Å². The molecule has 0 radical (unpaired) electrons. The van der Waals surface area contributed by atoms with Gasteiger partial charge in [-0.3, -0.25) is 4.79 Å². The number of benzene rings is 1. The van der Waals surface area contributed by atoms with Crippen LogP contribution in [0.2, 0.25) is 0 Å². The summed E-state index contributed by atoms with van der Waals surface area (Å²) in [5.74, 6) is 0.879. The van der Waals surface area contributed by atoms with Crippen LogP contribution in [0.25, 0.3) is 6.08 Å². The zero-order valence-electron chi connectivity index (χ0n) is 12.1. The van der Waals surface area contributed by atoms with Crippen molar-refractivity contribution in [1.82, 2.24) is 0 Å². The molecular weight excluding hydrogens is 248 g/mol. The average Bonchev–Trinajstić information content (AvgIpc) is 2.76. The number of hydrogen-bond acceptors (Lipinski definition) is 2. The zero-order valence-corrected chi connectivity index (χ0v) is 12.1. The third-order valence-electron chi connectivity index (χ3n) is 5.47. The van der Waals surface area contributed by atoms with E-state index >= 15 is 0 Å². The van der Waals surface area contributed by atoms with Gasteiger partial charge in [0.25, 0.3) is 0 Å². The highest BCUT2D eigenvalue weighted by molar-refractivity contribution is 5.94. The van der Waals surface area contributed by atoms with Crippen molar-refractivity contribution in [2.75, 3.05) is 6.61 Å². The van der Waals surface area contributed by atoms with E-state index in [1.807, 2.05) is 13.8 Å². The number of rotatable bonds is 2. The van der Waals surface area contributed by atoms with Crippen LogP contribution in [-0.4, -0.2) is 12.4 Å². The molecule has 3 atom stereocenters. The second kappa shape index (κ2) is 3.82. The quantitative estimate of drug-likeness (QED) is 0.819. The lowest BCUT2D eigenvalue weighted by atomic mass is 9.44. The first-order chi connectivity index (χ1) is 9.62. The molecule has 1 saturated carbocycles. The van der Waals surface area contributed by atoms with Gasteiger partial charge in [0.15, 0.2) is 0 Å². The Morgan fingerprint density at radius 1 is 1.35 bits per heavy atom. The first-order valence-electron chi connectivity index (χ1n) is 7.59. The Labute approximate surface area is 119 Å². The van der Waals surface area contributed by atoms with Gasteiger partial charge in [-0.15, -0.1) is 0 Å². The molecule has 1 aromatic rings. The summed E-state index contributed by atoms with van der Waals surface area (Å²) in [6.07, 6.45) is 6.29. The number of fused-ring (bicyclic) bond motifs is 1. The zero-order chi connectivity index (χ0) is 14.0. The molecule has 2 heteroatoms. The van der Waals surface area contributed by atoms with E-state index in [9.17, 15) is 4.79 Å². The van der Waals surface area contributed by atoms with E-state index in [0.29, 0.717) is 11.7 Å². The molecule has 3 aliphatic rings. The van der Waals surface area contributed by atoms with E-state index in [4.69, 9.17) is 4.74 Å². The summed E-state index contributed by atoms with van der Waals surface area (Å²) in [6, 6.07) is 8.40. The first-order valence-corrected chi connectivity index (χ1v) is 7.59. The maximum Gasteiger partial charge on any atom is 0.148 e. The van der Waals surface area contributed by atoms with E-state index in [1.165, 1.54) is 11.1 Å². The predicted octanol–water partition coefficient (Wildman–Crippen LogP) is 3.56. The van der Waals surface area contributed by atoms with Crippen molar-refractivity contribution < 1.29 is 9.53 Å². The maximum absolute atomic E-state index is 12.9. The molecule has 1 saturated heterocycles. The molecule has 0 aromatic heterocycles. The lowest BCUT2D eigenvalue weighted by Gasteiger charge is -2.61. The summed E-state index contributed by atoms with van der Waals surface area (Å²) < 4.78 is 6.27. The molecule has 20 heavy (non-hydrogen) atoms. The van der Waals surface area contributed by atoms with Gasteiger partial charge >= 0.3 is 0 Å². The van der Waals surface area contributed by atoms with Crippen LogP contribution in [0, 0.1) is 17.3 Å². The van der Waals surface area contributed by atoms with E-state index in [1.54, 1.807) is 0 Å². The Bertz CT molecular complexity index is 616. The van der Waals surface area contributed by atoms with Crippen LogP contribution in [0.3, 0.4) is 0 Å². The van der Waals surface area contributed by atoms with Crippen molar-refractivity contribution in [3.8, 4) is 0 Å². The van der Waals surface area contributed by atoms with E-state index in [2.05, 4.69) is 36.4 Å². The minimum Gasteiger partial charge on any atom is -0.369 e. The smallest absolute Gasteiger partial charge is 0.148 e. The number of Topliss-reactive ketones (excluding diaryl/α,β-unsaturated/α-hetero) is 1. The molecule has 0 bridgehead atoms. The van der Waals surface area contributed by atoms with Gasteiger partial charge in [-0.1, -0.05) is 50.3 Å². The molecule has 1 aromatic carbocycles. The van der Waals surface area contributed by atoms with Gasteiger partial charge in [0.05, 0.1) is 5.41 Å². The van der Waals surface area contributed by atoms with Crippen molar-refractivity contribution in [3.05, 3.63) is 41.5 Å². The molecule has 1 spiro atoms. The Hall–Kier alpha value is -1.41. The molecule has 0 unspecified atom stereocenters. The third-order valence-corrected chi connectivity index (χ3v) is 5.47. The highest BCUT2D eigenvalue weighted by Crippen LogP contribution is 2.70. The van der Waals surface area contributed by atoms with Gasteiger partial charge in [-0.2, -0.15) is 0 Å². The van der Waals surface area contributed by atoms with E-state index in [0.717, 1.165) is 19.4 Å². The average molecular weight is 268 g/mol. The normalized spacial score (nSPS) is 37.0. The lowest BCUT2D eigenvalue weighted by Crippen LogP contribution is -2.64. The van der Waals surface area contributed by atoms with Crippen LogP contribution in [0.5, 0.6) is 0 Å². The van der Waals surface area contributed by atoms with Crippen LogP contribution in [-0.2, 0) is 15.1 Å². The topological polar surface area (TPSA) is 26.3 Å². The second-order valence-corrected chi connectivity index (χ2v) is 6.68. The number of ketones is 1. The number of ether oxygens (including phenoxy) is 1. The van der Waals surface area contributed by atoms with Gasteiger partial charge in [0.1, 0.15) is 11.4 Å². The molecule has 0 amide bonds. The highest BCUT2D eigenvalue weighted by Gasteiger charge is 2.72. The molecule has 1 heterocycles. The molecule has 2 fully saturated rings. The van der Waals surface area contributed by atoms with E-state index < -0.39 is 5.41 Å². The van der Waals surface area contributed by atoms with Crippen LogP contribution in [0.1, 0.15) is 37.8 Å². The fourth-order valence-electron chi connectivity index (χ4n) is 4.65. The van der Waals surface area contributed by atoms with Gasteiger partial charge < -0.3 is 4.74 Å². The molecule has 104 valence electrons. The summed E-state index contributed by atoms with van der Waals surface area (Å²) in [5, 5.41) is 0. The third kappa shape index (κ3) is 1.17. The summed E-state index contributed by atoms with van der Waals surface area (Å²) in [7, 11) is 0. The summed E-state index contributed by atoms with van der Waals surface area (Å²) >= 11 is 0. The van der Waals surface area contributed by atoms with E-state index in [-0.39, 0.29) is 11.5 Å². The molecule has 0 N–H and O–H groups in total. The largest absolute Gasteiger partial charge is 0.369 e. The van der Waals surface area contributed by atoms with Gasteiger partial charge in [-0.25, -0.2) is 0 Å².